The standard InChI is InChI=1S/C15H21NO4/c1-2-20-15(19)12(10-13(16)14(17)18)9-8-11-6-4-3-5-7-11/h3-7,12-13H,2,8-10,16H2,1H3,(H,17,18)/t12-,13-/m0/s1. The number of aliphatic carboxylic acids is 1. The van der Waals surface area contributed by atoms with Crippen LogP contribution < -0.4 is 5.73 Å². The van der Waals surface area contributed by atoms with E-state index in [0.29, 0.717) is 12.8 Å². The summed E-state index contributed by atoms with van der Waals surface area (Å²) in [6, 6.07) is 8.68. The molecule has 0 saturated carbocycles. The smallest absolute Gasteiger partial charge is 0.320 e. The highest BCUT2D eigenvalue weighted by atomic mass is 16.5. The van der Waals surface area contributed by atoms with Crippen LogP contribution in [0.5, 0.6) is 0 Å². The average Bonchev–Trinajstić information content (AvgIpc) is 2.44. The molecule has 3 N–H and O–H groups in total. The van der Waals surface area contributed by atoms with E-state index in [9.17, 15) is 9.59 Å². The fraction of sp³-hybridized carbons (Fsp3) is 0.467. The Hall–Kier alpha value is -1.88. The van der Waals surface area contributed by atoms with E-state index in [4.69, 9.17) is 15.6 Å². The van der Waals surface area contributed by atoms with Crippen LogP contribution in [0.4, 0.5) is 0 Å². The van der Waals surface area contributed by atoms with Gasteiger partial charge in [-0.15, -0.1) is 0 Å². The van der Waals surface area contributed by atoms with Crippen molar-refractivity contribution < 1.29 is 19.4 Å². The number of esters is 1. The molecule has 0 radical (unpaired) electrons. The van der Waals surface area contributed by atoms with Gasteiger partial charge >= 0.3 is 11.9 Å². The third-order valence-corrected chi connectivity index (χ3v) is 3.10. The number of hydrogen-bond donors (Lipinski definition) is 2. The molecule has 0 aromatic heterocycles. The van der Waals surface area contributed by atoms with E-state index in [-0.39, 0.29) is 19.0 Å². The van der Waals surface area contributed by atoms with Gasteiger partial charge in [0.1, 0.15) is 6.04 Å². The minimum atomic E-state index is -1.10. The Morgan fingerprint density at radius 1 is 1.30 bits per heavy atom. The normalized spacial score (nSPS) is 13.5. The predicted octanol–water partition coefficient (Wildman–Crippen LogP) is 1.60. The molecule has 0 fully saturated rings. The van der Waals surface area contributed by atoms with Gasteiger partial charge in [-0.2, -0.15) is 0 Å². The van der Waals surface area contributed by atoms with Crippen molar-refractivity contribution in [3.63, 3.8) is 0 Å². The molecular weight excluding hydrogens is 258 g/mol. The fourth-order valence-corrected chi connectivity index (χ4v) is 1.98. The second-order valence-electron chi connectivity index (χ2n) is 4.65. The van der Waals surface area contributed by atoms with E-state index >= 15 is 0 Å². The number of carbonyl (C=O) groups is 2. The maximum atomic E-state index is 11.9. The van der Waals surface area contributed by atoms with Gasteiger partial charge in [-0.1, -0.05) is 30.3 Å². The quantitative estimate of drug-likeness (QED) is 0.705. The Kier molecular flexibility index (Phi) is 6.73. The summed E-state index contributed by atoms with van der Waals surface area (Å²) in [5.74, 6) is -1.96. The Bertz CT molecular complexity index is 433. The highest BCUT2D eigenvalue weighted by molar-refractivity contribution is 5.76. The van der Waals surface area contributed by atoms with E-state index in [1.807, 2.05) is 30.3 Å². The Labute approximate surface area is 118 Å². The van der Waals surface area contributed by atoms with E-state index in [1.54, 1.807) is 6.92 Å². The summed E-state index contributed by atoms with van der Waals surface area (Å²) in [4.78, 5) is 22.7. The molecule has 0 unspecified atom stereocenters. The predicted molar refractivity (Wildman–Crippen MR) is 75.1 cm³/mol. The Morgan fingerprint density at radius 3 is 2.50 bits per heavy atom. The number of hydrogen-bond acceptors (Lipinski definition) is 4. The molecule has 0 spiro atoms. The van der Waals surface area contributed by atoms with Crippen LogP contribution in [0.1, 0.15) is 25.3 Å². The molecule has 0 bridgehead atoms. The van der Waals surface area contributed by atoms with Gasteiger partial charge in [0.05, 0.1) is 12.5 Å². The molecule has 110 valence electrons. The number of rotatable bonds is 8. The zero-order chi connectivity index (χ0) is 15.0. The van der Waals surface area contributed by atoms with E-state index < -0.39 is 17.9 Å². The first-order chi connectivity index (χ1) is 9.54. The van der Waals surface area contributed by atoms with Crippen LogP contribution in [-0.4, -0.2) is 29.7 Å². The first-order valence-corrected chi connectivity index (χ1v) is 6.73. The van der Waals surface area contributed by atoms with Crippen molar-refractivity contribution >= 4 is 11.9 Å². The Morgan fingerprint density at radius 2 is 1.95 bits per heavy atom. The fourth-order valence-electron chi connectivity index (χ4n) is 1.98. The number of aryl methyl sites for hydroxylation is 1. The van der Waals surface area contributed by atoms with Crippen LogP contribution in [0.3, 0.4) is 0 Å². The van der Waals surface area contributed by atoms with Crippen LogP contribution in [-0.2, 0) is 20.7 Å². The van der Waals surface area contributed by atoms with Crippen molar-refractivity contribution in [3.05, 3.63) is 35.9 Å². The van der Waals surface area contributed by atoms with Crippen molar-refractivity contribution in [2.45, 2.75) is 32.2 Å². The second-order valence-corrected chi connectivity index (χ2v) is 4.65. The summed E-state index contributed by atoms with van der Waals surface area (Å²) in [7, 11) is 0. The zero-order valence-corrected chi connectivity index (χ0v) is 11.6. The molecule has 5 heteroatoms. The molecule has 1 rings (SSSR count). The lowest BCUT2D eigenvalue weighted by molar-refractivity contribution is -0.149. The first-order valence-electron chi connectivity index (χ1n) is 6.73. The van der Waals surface area contributed by atoms with Gasteiger partial charge in [0, 0.05) is 0 Å². The van der Waals surface area contributed by atoms with Gasteiger partial charge in [0.2, 0.25) is 0 Å². The van der Waals surface area contributed by atoms with Gasteiger partial charge in [0.25, 0.3) is 0 Å². The van der Waals surface area contributed by atoms with E-state index in [2.05, 4.69) is 0 Å². The van der Waals surface area contributed by atoms with Gasteiger partial charge in [-0.05, 0) is 31.7 Å². The summed E-state index contributed by atoms with van der Waals surface area (Å²) in [5.41, 5.74) is 6.62. The van der Waals surface area contributed by atoms with Crippen molar-refractivity contribution in [2.24, 2.45) is 11.7 Å². The van der Waals surface area contributed by atoms with Gasteiger partial charge in [-0.3, -0.25) is 9.59 Å². The minimum Gasteiger partial charge on any atom is -0.480 e. The molecule has 0 heterocycles. The summed E-state index contributed by atoms with van der Waals surface area (Å²) in [6.07, 6.45) is 1.32. The van der Waals surface area contributed by atoms with Crippen LogP contribution in [0, 0.1) is 5.92 Å². The number of carbonyl (C=O) groups excluding carboxylic acids is 1. The number of nitrogens with two attached hydrogens (primary N) is 1. The zero-order valence-electron chi connectivity index (χ0n) is 11.6. The van der Waals surface area contributed by atoms with Gasteiger partial charge in [0.15, 0.2) is 0 Å². The number of ether oxygens (including phenoxy) is 1. The lowest BCUT2D eigenvalue weighted by Crippen LogP contribution is -2.35. The summed E-state index contributed by atoms with van der Waals surface area (Å²) in [5, 5.41) is 8.85. The van der Waals surface area contributed by atoms with Gasteiger partial charge < -0.3 is 15.6 Å². The van der Waals surface area contributed by atoms with Crippen molar-refractivity contribution in [1.82, 2.24) is 0 Å². The minimum absolute atomic E-state index is 0.0982. The molecule has 0 aliphatic heterocycles. The second kappa shape index (κ2) is 8.32. The van der Waals surface area contributed by atoms with Crippen LogP contribution in [0.2, 0.25) is 0 Å². The summed E-state index contributed by atoms with van der Waals surface area (Å²) < 4.78 is 4.99. The average molecular weight is 279 g/mol. The highest BCUT2D eigenvalue weighted by Crippen LogP contribution is 2.17. The monoisotopic (exact) mass is 279 g/mol. The Balaban J connectivity index is 2.62. The van der Waals surface area contributed by atoms with E-state index in [1.165, 1.54) is 0 Å². The topological polar surface area (TPSA) is 89.6 Å². The maximum absolute atomic E-state index is 11.9. The lowest BCUT2D eigenvalue weighted by Gasteiger charge is -2.17. The number of benzene rings is 1. The maximum Gasteiger partial charge on any atom is 0.320 e. The van der Waals surface area contributed by atoms with Crippen molar-refractivity contribution in [2.75, 3.05) is 6.61 Å². The van der Waals surface area contributed by atoms with E-state index in [0.717, 1.165) is 5.56 Å². The molecule has 20 heavy (non-hydrogen) atoms. The van der Waals surface area contributed by atoms with Crippen LogP contribution in [0.15, 0.2) is 30.3 Å². The lowest BCUT2D eigenvalue weighted by atomic mass is 9.93. The van der Waals surface area contributed by atoms with Gasteiger partial charge in [-0.25, -0.2) is 0 Å². The third kappa shape index (κ3) is 5.40. The van der Waals surface area contributed by atoms with Crippen LogP contribution in [0.25, 0.3) is 0 Å². The molecule has 1 aromatic rings. The highest BCUT2D eigenvalue weighted by Gasteiger charge is 2.25. The van der Waals surface area contributed by atoms with Crippen molar-refractivity contribution in [3.8, 4) is 0 Å². The van der Waals surface area contributed by atoms with Crippen molar-refractivity contribution in [1.29, 1.82) is 0 Å². The summed E-state index contributed by atoms with van der Waals surface area (Å²) >= 11 is 0. The SMILES string of the molecule is CCOC(=O)[C@@H](CCc1ccccc1)C[C@H](N)C(=O)O. The number of carboxylic acid groups (broad SMARTS) is 1. The molecule has 2 atom stereocenters. The van der Waals surface area contributed by atoms with Crippen LogP contribution >= 0.6 is 0 Å². The molecule has 0 aliphatic rings. The molecular formula is C15H21NO4. The molecule has 0 aliphatic carbocycles. The molecule has 0 amide bonds. The largest absolute Gasteiger partial charge is 0.480 e. The third-order valence-electron chi connectivity index (χ3n) is 3.10. The molecule has 1 aromatic carbocycles. The summed E-state index contributed by atoms with van der Waals surface area (Å²) in [6.45, 7) is 2.01. The number of carboxylic acids is 1. The molecule has 0 saturated heterocycles. The molecule has 5 nitrogen and oxygen atoms in total. The first kappa shape index (κ1) is 16.2.